The van der Waals surface area contributed by atoms with Crippen LogP contribution in [0.4, 0.5) is 18.9 Å². The summed E-state index contributed by atoms with van der Waals surface area (Å²) in [5.74, 6) is 0.560. The second kappa shape index (κ2) is 10.1. The standard InChI is InChI=1S/C20H19ClF3N5OS/c1-2-28(17-12-29(27-19(17)21)16-4-3-7-25-11-16)18(30)6-9-31-13-15-10-14(5-8-26-15)20(22,23)24/h3-5,7-8,10-12H,2,6,9,13H2,1H3. The molecule has 6 nitrogen and oxygen atoms in total. The van der Waals surface area contributed by atoms with Crippen LogP contribution >= 0.6 is 23.4 Å². The molecule has 0 bridgehead atoms. The van der Waals surface area contributed by atoms with E-state index in [9.17, 15) is 18.0 Å². The van der Waals surface area contributed by atoms with Crippen LogP contribution < -0.4 is 4.90 Å². The molecule has 0 aliphatic rings. The number of hydrogen-bond acceptors (Lipinski definition) is 5. The number of thioether (sulfide) groups is 1. The van der Waals surface area contributed by atoms with Crippen molar-refractivity contribution in [2.75, 3.05) is 17.2 Å². The molecular weight excluding hydrogens is 451 g/mol. The number of aromatic nitrogens is 4. The van der Waals surface area contributed by atoms with Gasteiger partial charge in [0.25, 0.3) is 0 Å². The minimum atomic E-state index is -4.40. The number of anilines is 1. The summed E-state index contributed by atoms with van der Waals surface area (Å²) in [7, 11) is 0. The molecule has 0 aliphatic heterocycles. The summed E-state index contributed by atoms with van der Waals surface area (Å²) >= 11 is 7.60. The third-order valence-electron chi connectivity index (χ3n) is 4.32. The maximum absolute atomic E-state index is 12.8. The lowest BCUT2D eigenvalue weighted by Gasteiger charge is -2.19. The predicted molar refractivity (Wildman–Crippen MR) is 114 cm³/mol. The molecule has 1 amide bonds. The molecule has 0 saturated carbocycles. The van der Waals surface area contributed by atoms with Gasteiger partial charge in [-0.25, -0.2) is 4.68 Å². The van der Waals surface area contributed by atoms with Crippen molar-refractivity contribution < 1.29 is 18.0 Å². The fraction of sp³-hybridized carbons (Fsp3) is 0.300. The number of pyridine rings is 2. The molecule has 3 aromatic rings. The van der Waals surface area contributed by atoms with Gasteiger partial charge in [0.15, 0.2) is 5.15 Å². The summed E-state index contributed by atoms with van der Waals surface area (Å²) < 4.78 is 39.9. The van der Waals surface area contributed by atoms with Gasteiger partial charge in [-0.15, -0.1) is 0 Å². The van der Waals surface area contributed by atoms with Gasteiger partial charge in [0.05, 0.1) is 29.3 Å². The summed E-state index contributed by atoms with van der Waals surface area (Å²) in [6, 6.07) is 5.55. The van der Waals surface area contributed by atoms with E-state index in [0.29, 0.717) is 29.4 Å². The first-order chi connectivity index (χ1) is 14.8. The van der Waals surface area contributed by atoms with Crippen molar-refractivity contribution in [1.82, 2.24) is 19.7 Å². The van der Waals surface area contributed by atoms with Crippen molar-refractivity contribution in [3.05, 3.63) is 65.5 Å². The Labute approximate surface area is 186 Å². The van der Waals surface area contributed by atoms with Crippen LogP contribution in [0.15, 0.2) is 49.1 Å². The van der Waals surface area contributed by atoms with Crippen LogP contribution in [0, 0.1) is 0 Å². The molecule has 0 unspecified atom stereocenters. The molecule has 3 aromatic heterocycles. The van der Waals surface area contributed by atoms with Crippen molar-refractivity contribution >= 4 is 35.0 Å². The maximum atomic E-state index is 12.8. The smallest absolute Gasteiger partial charge is 0.308 e. The number of rotatable bonds is 8. The van der Waals surface area contributed by atoms with Crippen molar-refractivity contribution in [2.24, 2.45) is 0 Å². The Kier molecular flexibility index (Phi) is 7.55. The minimum absolute atomic E-state index is 0.153. The van der Waals surface area contributed by atoms with E-state index < -0.39 is 11.7 Å². The lowest BCUT2D eigenvalue weighted by molar-refractivity contribution is -0.137. The Morgan fingerprint density at radius 3 is 2.77 bits per heavy atom. The highest BCUT2D eigenvalue weighted by molar-refractivity contribution is 7.98. The molecule has 3 heterocycles. The second-order valence-electron chi connectivity index (χ2n) is 6.44. The summed E-state index contributed by atoms with van der Waals surface area (Å²) in [6.45, 7) is 2.23. The Morgan fingerprint density at radius 1 is 1.29 bits per heavy atom. The topological polar surface area (TPSA) is 63.9 Å². The second-order valence-corrected chi connectivity index (χ2v) is 7.90. The van der Waals surface area contributed by atoms with Gasteiger partial charge in [0, 0.05) is 36.9 Å². The number of hydrogen-bond donors (Lipinski definition) is 0. The summed E-state index contributed by atoms with van der Waals surface area (Å²) in [6.07, 6.45) is 1.88. The van der Waals surface area contributed by atoms with Gasteiger partial charge >= 0.3 is 6.18 Å². The number of amides is 1. The average molecular weight is 470 g/mol. The van der Waals surface area contributed by atoms with Crippen LogP contribution in [0.1, 0.15) is 24.6 Å². The fourth-order valence-electron chi connectivity index (χ4n) is 2.83. The fourth-order valence-corrected chi connectivity index (χ4v) is 3.89. The van der Waals surface area contributed by atoms with E-state index in [1.807, 2.05) is 13.0 Å². The van der Waals surface area contributed by atoms with E-state index in [1.165, 1.54) is 16.7 Å². The monoisotopic (exact) mass is 469 g/mol. The van der Waals surface area contributed by atoms with Crippen molar-refractivity contribution in [3.8, 4) is 5.69 Å². The van der Waals surface area contributed by atoms with E-state index in [4.69, 9.17) is 11.6 Å². The van der Waals surface area contributed by atoms with Gasteiger partial charge in [0.1, 0.15) is 5.69 Å². The molecule has 164 valence electrons. The van der Waals surface area contributed by atoms with Crippen LogP contribution in [0.3, 0.4) is 0 Å². The molecular formula is C20H19ClF3N5OS. The lowest BCUT2D eigenvalue weighted by atomic mass is 10.2. The summed E-state index contributed by atoms with van der Waals surface area (Å²) in [5, 5.41) is 4.43. The molecule has 0 atom stereocenters. The van der Waals surface area contributed by atoms with Crippen LogP contribution in [0.5, 0.6) is 0 Å². The highest BCUT2D eigenvalue weighted by Gasteiger charge is 2.30. The Bertz CT molecular complexity index is 1030. The molecule has 0 spiro atoms. The van der Waals surface area contributed by atoms with Gasteiger partial charge in [-0.2, -0.15) is 30.0 Å². The normalized spacial score (nSPS) is 11.5. The predicted octanol–water partition coefficient (Wildman–Crippen LogP) is 5.01. The number of carbonyl (C=O) groups excluding carboxylic acids is 1. The number of halogens is 4. The lowest BCUT2D eigenvalue weighted by Crippen LogP contribution is -2.30. The van der Waals surface area contributed by atoms with E-state index in [1.54, 1.807) is 29.3 Å². The van der Waals surface area contributed by atoms with Gasteiger partial charge in [-0.3, -0.25) is 14.8 Å². The molecule has 0 radical (unpaired) electrons. The zero-order valence-electron chi connectivity index (χ0n) is 16.5. The molecule has 0 saturated heterocycles. The van der Waals surface area contributed by atoms with Gasteiger partial charge in [-0.1, -0.05) is 11.6 Å². The Morgan fingerprint density at radius 2 is 2.10 bits per heavy atom. The Balaban J connectivity index is 1.58. The number of nitrogens with zero attached hydrogens (tertiary/aromatic N) is 5. The van der Waals surface area contributed by atoms with Gasteiger partial charge in [-0.05, 0) is 31.2 Å². The first-order valence-electron chi connectivity index (χ1n) is 9.35. The quantitative estimate of drug-likeness (QED) is 0.434. The van der Waals surface area contributed by atoms with Gasteiger partial charge < -0.3 is 4.90 Å². The van der Waals surface area contributed by atoms with Crippen molar-refractivity contribution in [2.45, 2.75) is 25.3 Å². The summed E-state index contributed by atoms with van der Waals surface area (Å²) in [5.41, 5.74) is 0.790. The molecule has 31 heavy (non-hydrogen) atoms. The maximum Gasteiger partial charge on any atom is 0.416 e. The summed E-state index contributed by atoms with van der Waals surface area (Å²) in [4.78, 5) is 22.2. The van der Waals surface area contributed by atoms with E-state index in [0.717, 1.165) is 18.3 Å². The highest BCUT2D eigenvalue weighted by Crippen LogP contribution is 2.30. The van der Waals surface area contributed by atoms with Gasteiger partial charge in [0.2, 0.25) is 5.91 Å². The third kappa shape index (κ3) is 5.98. The molecule has 0 fully saturated rings. The van der Waals surface area contributed by atoms with Crippen molar-refractivity contribution in [1.29, 1.82) is 0 Å². The third-order valence-corrected chi connectivity index (χ3v) is 5.59. The molecule has 0 N–H and O–H groups in total. The number of alkyl halides is 3. The molecule has 0 aromatic carbocycles. The molecule has 11 heteroatoms. The largest absolute Gasteiger partial charge is 0.416 e. The SMILES string of the molecule is CCN(C(=O)CCSCc1cc(C(F)(F)F)ccn1)c1cn(-c2cccnc2)nc1Cl. The average Bonchev–Trinajstić information content (AvgIpc) is 3.13. The Hall–Kier alpha value is -2.59. The van der Waals surface area contributed by atoms with Crippen LogP contribution in [0.2, 0.25) is 5.15 Å². The first-order valence-corrected chi connectivity index (χ1v) is 10.9. The van der Waals surface area contributed by atoms with Crippen molar-refractivity contribution in [3.63, 3.8) is 0 Å². The number of carbonyl (C=O) groups is 1. The van der Waals surface area contributed by atoms with Crippen LogP contribution in [0.25, 0.3) is 5.69 Å². The van der Waals surface area contributed by atoms with E-state index in [2.05, 4.69) is 15.1 Å². The first kappa shape index (κ1) is 23.1. The van der Waals surface area contributed by atoms with Crippen LogP contribution in [-0.2, 0) is 16.7 Å². The zero-order chi connectivity index (χ0) is 22.4. The molecule has 0 aliphatic carbocycles. The van der Waals surface area contributed by atoms with Crippen LogP contribution in [-0.4, -0.2) is 38.0 Å². The zero-order valence-corrected chi connectivity index (χ0v) is 18.1. The highest BCUT2D eigenvalue weighted by atomic mass is 35.5. The molecule has 3 rings (SSSR count). The minimum Gasteiger partial charge on any atom is -0.308 e. The van der Waals surface area contributed by atoms with E-state index in [-0.39, 0.29) is 23.2 Å². The van der Waals surface area contributed by atoms with E-state index >= 15 is 0 Å².